The molecule has 0 fully saturated rings. The molecule has 0 saturated carbocycles. The fraction of sp³-hybridized carbons (Fsp3) is 0.286. The zero-order chi connectivity index (χ0) is 13.7. The lowest BCUT2D eigenvalue weighted by atomic mass is 10.2. The van der Waals surface area contributed by atoms with Crippen LogP contribution in [0.25, 0.3) is 10.4 Å². The largest absolute Gasteiger partial charge is 0.320 e. The van der Waals surface area contributed by atoms with Crippen molar-refractivity contribution >= 4 is 34.8 Å². The van der Waals surface area contributed by atoms with Gasteiger partial charge in [-0.15, -0.1) is 12.4 Å². The van der Waals surface area contributed by atoms with Gasteiger partial charge in [0.1, 0.15) is 0 Å². The second kappa shape index (κ2) is 7.99. The predicted molar refractivity (Wildman–Crippen MR) is 86.3 cm³/mol. The van der Waals surface area contributed by atoms with Gasteiger partial charge < -0.3 is 11.1 Å². The summed E-state index contributed by atoms with van der Waals surface area (Å²) in [5, 5.41) is 3.35. The highest BCUT2D eigenvalue weighted by Gasteiger charge is 2.14. The highest BCUT2D eigenvalue weighted by atomic mass is 35.5. The Morgan fingerprint density at radius 3 is 2.75 bits per heavy atom. The van der Waals surface area contributed by atoms with Crippen molar-refractivity contribution in [3.05, 3.63) is 36.5 Å². The lowest BCUT2D eigenvalue weighted by molar-refractivity contribution is -0.117. The van der Waals surface area contributed by atoms with Crippen molar-refractivity contribution in [3.8, 4) is 10.4 Å². The minimum Gasteiger partial charge on any atom is -0.320 e. The maximum atomic E-state index is 11.8. The topological polar surface area (TPSA) is 68.0 Å². The molecule has 1 unspecified atom stereocenters. The standard InChI is InChI=1S/C14H17N3OS.ClH/c1-2-6-11(15)13(18)17-14-16-9-12(19-14)10-7-4-3-5-8-10;/h3-5,7-9,11H,2,6,15H2,1H3,(H,16,17,18);1H. The molecule has 1 aromatic carbocycles. The van der Waals surface area contributed by atoms with Crippen LogP contribution in [0.2, 0.25) is 0 Å². The van der Waals surface area contributed by atoms with Gasteiger partial charge in [-0.2, -0.15) is 0 Å². The first kappa shape index (κ1) is 16.6. The van der Waals surface area contributed by atoms with E-state index in [0.717, 1.165) is 16.9 Å². The number of hydrogen-bond donors (Lipinski definition) is 2. The summed E-state index contributed by atoms with van der Waals surface area (Å²) in [5.74, 6) is -0.171. The van der Waals surface area contributed by atoms with Gasteiger partial charge in [0.05, 0.1) is 10.9 Å². The highest BCUT2D eigenvalue weighted by Crippen LogP contribution is 2.28. The normalized spacial score (nSPS) is 11.5. The molecule has 6 heteroatoms. The molecule has 1 heterocycles. The van der Waals surface area contributed by atoms with Crippen molar-refractivity contribution in [2.24, 2.45) is 5.73 Å². The molecule has 2 aromatic rings. The number of nitrogens with one attached hydrogen (secondary N) is 1. The van der Waals surface area contributed by atoms with E-state index in [1.807, 2.05) is 37.3 Å². The van der Waals surface area contributed by atoms with E-state index < -0.39 is 6.04 Å². The summed E-state index contributed by atoms with van der Waals surface area (Å²) in [4.78, 5) is 17.0. The number of carbonyl (C=O) groups excluding carboxylic acids is 1. The summed E-state index contributed by atoms with van der Waals surface area (Å²) in [7, 11) is 0. The molecule has 0 aliphatic carbocycles. The van der Waals surface area contributed by atoms with Gasteiger partial charge in [0, 0.05) is 6.20 Å². The van der Waals surface area contributed by atoms with E-state index in [1.165, 1.54) is 11.3 Å². The van der Waals surface area contributed by atoms with E-state index in [-0.39, 0.29) is 18.3 Å². The number of aromatic nitrogens is 1. The Balaban J connectivity index is 0.00000200. The van der Waals surface area contributed by atoms with Crippen LogP contribution in [0, 0.1) is 0 Å². The smallest absolute Gasteiger partial charge is 0.243 e. The first-order valence-electron chi connectivity index (χ1n) is 6.28. The van der Waals surface area contributed by atoms with Crippen LogP contribution in [-0.4, -0.2) is 16.9 Å². The Morgan fingerprint density at radius 2 is 2.10 bits per heavy atom. The van der Waals surface area contributed by atoms with Gasteiger partial charge in [0.15, 0.2) is 5.13 Å². The number of thiazole rings is 1. The molecule has 0 aliphatic heterocycles. The van der Waals surface area contributed by atoms with Crippen LogP contribution in [0.3, 0.4) is 0 Å². The van der Waals surface area contributed by atoms with Crippen LogP contribution in [0.4, 0.5) is 5.13 Å². The summed E-state index contributed by atoms with van der Waals surface area (Å²) in [6.07, 6.45) is 3.34. The van der Waals surface area contributed by atoms with E-state index in [0.29, 0.717) is 11.6 Å². The van der Waals surface area contributed by atoms with Crippen molar-refractivity contribution in [1.29, 1.82) is 0 Å². The minimum atomic E-state index is -0.464. The Hall–Kier alpha value is -1.43. The van der Waals surface area contributed by atoms with Crippen LogP contribution >= 0.6 is 23.7 Å². The van der Waals surface area contributed by atoms with Crippen molar-refractivity contribution < 1.29 is 4.79 Å². The van der Waals surface area contributed by atoms with Crippen LogP contribution in [0.15, 0.2) is 36.5 Å². The third kappa shape index (κ3) is 4.30. The van der Waals surface area contributed by atoms with Crippen molar-refractivity contribution in [2.45, 2.75) is 25.8 Å². The van der Waals surface area contributed by atoms with Crippen LogP contribution in [0.5, 0.6) is 0 Å². The van der Waals surface area contributed by atoms with Gasteiger partial charge in [-0.05, 0) is 12.0 Å². The van der Waals surface area contributed by atoms with Crippen molar-refractivity contribution in [1.82, 2.24) is 4.98 Å². The monoisotopic (exact) mass is 311 g/mol. The number of hydrogen-bond acceptors (Lipinski definition) is 4. The Labute approximate surface area is 128 Å². The SMILES string of the molecule is CCCC(N)C(=O)Nc1ncc(-c2ccccc2)s1.Cl. The van der Waals surface area contributed by atoms with E-state index in [4.69, 9.17) is 5.73 Å². The van der Waals surface area contributed by atoms with Gasteiger partial charge in [-0.3, -0.25) is 4.79 Å². The fourth-order valence-electron chi connectivity index (χ4n) is 1.71. The third-order valence-electron chi connectivity index (χ3n) is 2.73. The molecular weight excluding hydrogens is 294 g/mol. The van der Waals surface area contributed by atoms with E-state index >= 15 is 0 Å². The summed E-state index contributed by atoms with van der Waals surface area (Å²) < 4.78 is 0. The van der Waals surface area contributed by atoms with Crippen LogP contribution in [0.1, 0.15) is 19.8 Å². The number of halogens is 1. The predicted octanol–water partition coefficient (Wildman–Crippen LogP) is 3.30. The number of carbonyl (C=O) groups is 1. The molecule has 2 rings (SSSR count). The Morgan fingerprint density at radius 1 is 1.40 bits per heavy atom. The zero-order valence-electron chi connectivity index (χ0n) is 11.2. The Bertz CT molecular complexity index is 544. The molecule has 0 spiro atoms. The number of amides is 1. The highest BCUT2D eigenvalue weighted by molar-refractivity contribution is 7.19. The van der Waals surface area contributed by atoms with Crippen LogP contribution < -0.4 is 11.1 Å². The number of nitrogens with zero attached hydrogens (tertiary/aromatic N) is 1. The number of rotatable bonds is 5. The lowest BCUT2D eigenvalue weighted by Crippen LogP contribution is -2.35. The average molecular weight is 312 g/mol. The number of nitrogens with two attached hydrogens (primary N) is 1. The third-order valence-corrected chi connectivity index (χ3v) is 3.69. The Kier molecular flexibility index (Phi) is 6.64. The molecule has 1 atom stereocenters. The van der Waals surface area contributed by atoms with Gasteiger partial charge in [-0.1, -0.05) is 55.0 Å². The minimum absolute atomic E-state index is 0. The van der Waals surface area contributed by atoms with Gasteiger partial charge in [0.2, 0.25) is 5.91 Å². The maximum absolute atomic E-state index is 11.8. The zero-order valence-corrected chi connectivity index (χ0v) is 12.8. The second-order valence-electron chi connectivity index (χ2n) is 4.28. The van der Waals surface area contributed by atoms with Gasteiger partial charge in [0.25, 0.3) is 0 Å². The molecule has 4 nitrogen and oxygen atoms in total. The summed E-state index contributed by atoms with van der Waals surface area (Å²) in [6, 6.07) is 9.49. The van der Waals surface area contributed by atoms with Crippen molar-refractivity contribution in [2.75, 3.05) is 5.32 Å². The number of anilines is 1. The molecule has 1 amide bonds. The fourth-order valence-corrected chi connectivity index (χ4v) is 2.53. The summed E-state index contributed by atoms with van der Waals surface area (Å²) in [5.41, 5.74) is 6.85. The van der Waals surface area contributed by atoms with Crippen molar-refractivity contribution in [3.63, 3.8) is 0 Å². The van der Waals surface area contributed by atoms with E-state index in [9.17, 15) is 4.79 Å². The summed E-state index contributed by atoms with van der Waals surface area (Å²) in [6.45, 7) is 2.00. The summed E-state index contributed by atoms with van der Waals surface area (Å²) >= 11 is 1.45. The molecule has 0 saturated heterocycles. The van der Waals surface area contributed by atoms with E-state index in [2.05, 4.69) is 10.3 Å². The second-order valence-corrected chi connectivity index (χ2v) is 5.31. The quantitative estimate of drug-likeness (QED) is 0.890. The molecule has 3 N–H and O–H groups in total. The maximum Gasteiger partial charge on any atom is 0.243 e. The molecular formula is C14H18ClN3OS. The van der Waals surface area contributed by atoms with Crippen LogP contribution in [-0.2, 0) is 4.79 Å². The molecule has 1 aromatic heterocycles. The molecule has 0 aliphatic rings. The van der Waals surface area contributed by atoms with Gasteiger partial charge in [-0.25, -0.2) is 4.98 Å². The molecule has 20 heavy (non-hydrogen) atoms. The number of benzene rings is 1. The van der Waals surface area contributed by atoms with Gasteiger partial charge >= 0.3 is 0 Å². The molecule has 0 bridgehead atoms. The molecule has 108 valence electrons. The van der Waals surface area contributed by atoms with E-state index in [1.54, 1.807) is 6.20 Å². The first-order valence-corrected chi connectivity index (χ1v) is 7.10. The average Bonchev–Trinajstić information content (AvgIpc) is 2.88. The first-order chi connectivity index (χ1) is 9.20. The lowest BCUT2D eigenvalue weighted by Gasteiger charge is -2.08. The molecule has 0 radical (unpaired) electrons.